The standard InChI is InChI=1S/C42H57N11O3/c1-31(2)23-26-55-39-19-8-6-16-36(39)37-17-7-9-20-40(37)56-30-35-28-52(50-49-35)27-33(15-12-25-46-42(44)45)47-41(54)38(18-10-11-24-43)53-29-34(48-51-53)22-21-32-13-4-3-5-14-32/h3-9,13-14,16-17,19-20,28-29,31,33,38H,10-12,15,18,21-27,30,43H2,1-2H3,(H,47,54)(H4,44,45,46)/t33-,38-/m1/s1. The van der Waals surface area contributed by atoms with Gasteiger partial charge < -0.3 is 32.0 Å². The number of hydrogen-bond acceptors (Lipinski definition) is 9. The molecule has 0 spiro atoms. The Kier molecular flexibility index (Phi) is 16.2. The average Bonchev–Trinajstić information content (AvgIpc) is 3.86. The molecule has 14 heteroatoms. The molecule has 7 N–H and O–H groups in total. The molecule has 56 heavy (non-hydrogen) atoms. The molecule has 0 bridgehead atoms. The zero-order valence-electron chi connectivity index (χ0n) is 32.7. The third-order valence-corrected chi connectivity index (χ3v) is 9.36. The van der Waals surface area contributed by atoms with Crippen LogP contribution in [-0.2, 0) is 30.8 Å². The molecular formula is C42H57N11O3. The van der Waals surface area contributed by atoms with E-state index in [1.54, 1.807) is 9.36 Å². The van der Waals surface area contributed by atoms with Gasteiger partial charge in [-0.25, -0.2) is 4.68 Å². The molecule has 14 nitrogen and oxygen atoms in total. The molecule has 1 amide bonds. The molecule has 0 saturated heterocycles. The van der Waals surface area contributed by atoms with Gasteiger partial charge in [0.2, 0.25) is 5.91 Å². The van der Waals surface area contributed by atoms with Gasteiger partial charge in [0.25, 0.3) is 0 Å². The molecular weight excluding hydrogens is 707 g/mol. The van der Waals surface area contributed by atoms with E-state index in [0.717, 1.165) is 54.7 Å². The van der Waals surface area contributed by atoms with Gasteiger partial charge in [-0.3, -0.25) is 14.5 Å². The Morgan fingerprint density at radius 1 is 0.786 bits per heavy atom. The van der Waals surface area contributed by atoms with Crippen molar-refractivity contribution in [3.05, 3.63) is 108 Å². The third-order valence-electron chi connectivity index (χ3n) is 9.36. The summed E-state index contributed by atoms with van der Waals surface area (Å²) in [5.74, 6) is 1.96. The molecule has 0 fully saturated rings. The van der Waals surface area contributed by atoms with Crippen molar-refractivity contribution >= 4 is 11.9 Å². The van der Waals surface area contributed by atoms with Gasteiger partial charge in [0.1, 0.15) is 29.8 Å². The fourth-order valence-electron chi connectivity index (χ4n) is 6.32. The summed E-state index contributed by atoms with van der Waals surface area (Å²) in [6.45, 7) is 6.58. The summed E-state index contributed by atoms with van der Waals surface area (Å²) in [5, 5.41) is 20.8. The van der Waals surface area contributed by atoms with Crippen LogP contribution in [0.2, 0.25) is 0 Å². The maximum atomic E-state index is 14.0. The van der Waals surface area contributed by atoms with Crippen molar-refractivity contribution < 1.29 is 14.3 Å². The number of aryl methyl sites for hydroxylation is 2. The van der Waals surface area contributed by atoms with Gasteiger partial charge in [-0.2, -0.15) is 0 Å². The van der Waals surface area contributed by atoms with Crippen LogP contribution in [0.15, 0.2) is 96.2 Å². The van der Waals surface area contributed by atoms with Crippen LogP contribution in [0.1, 0.15) is 75.4 Å². The van der Waals surface area contributed by atoms with Gasteiger partial charge in [0, 0.05) is 29.9 Å². The number of rotatable bonds is 24. The number of nitrogens with zero attached hydrogens (tertiary/aromatic N) is 7. The summed E-state index contributed by atoms with van der Waals surface area (Å²) in [6, 6.07) is 25.3. The molecule has 3 aromatic carbocycles. The monoisotopic (exact) mass is 763 g/mol. The second-order valence-corrected chi connectivity index (χ2v) is 14.4. The summed E-state index contributed by atoms with van der Waals surface area (Å²) < 4.78 is 15.9. The maximum Gasteiger partial charge on any atom is 0.245 e. The Bertz CT molecular complexity index is 1940. The number of benzene rings is 3. The van der Waals surface area contributed by atoms with Crippen LogP contribution in [-0.4, -0.2) is 67.6 Å². The van der Waals surface area contributed by atoms with E-state index < -0.39 is 6.04 Å². The van der Waals surface area contributed by atoms with Gasteiger partial charge in [-0.05, 0) is 81.5 Å². The largest absolute Gasteiger partial charge is 0.493 e. The van der Waals surface area contributed by atoms with E-state index in [4.69, 9.17) is 26.7 Å². The molecule has 0 aliphatic heterocycles. The number of amides is 1. The molecule has 0 radical (unpaired) electrons. The molecule has 2 atom stereocenters. The molecule has 0 unspecified atom stereocenters. The highest BCUT2D eigenvalue weighted by Gasteiger charge is 2.25. The molecule has 5 rings (SSSR count). The van der Waals surface area contributed by atoms with Crippen LogP contribution in [0.5, 0.6) is 11.5 Å². The first-order valence-electron chi connectivity index (χ1n) is 19.6. The quantitative estimate of drug-likeness (QED) is 0.0366. The van der Waals surface area contributed by atoms with Gasteiger partial charge >= 0.3 is 0 Å². The van der Waals surface area contributed by atoms with Crippen molar-refractivity contribution in [2.75, 3.05) is 19.7 Å². The Morgan fingerprint density at radius 2 is 1.48 bits per heavy atom. The van der Waals surface area contributed by atoms with Crippen LogP contribution < -0.4 is 32.0 Å². The van der Waals surface area contributed by atoms with Crippen LogP contribution >= 0.6 is 0 Å². The van der Waals surface area contributed by atoms with Crippen LogP contribution in [0, 0.1) is 5.92 Å². The summed E-state index contributed by atoms with van der Waals surface area (Å²) in [7, 11) is 0. The van der Waals surface area contributed by atoms with E-state index in [2.05, 4.69) is 56.9 Å². The first kappa shape index (κ1) is 41.4. The predicted octanol–water partition coefficient (Wildman–Crippen LogP) is 5.23. The second-order valence-electron chi connectivity index (χ2n) is 14.4. The predicted molar refractivity (Wildman–Crippen MR) is 219 cm³/mol. The van der Waals surface area contributed by atoms with Gasteiger partial charge in [-0.15, -0.1) is 10.2 Å². The molecule has 2 aromatic heterocycles. The smallest absolute Gasteiger partial charge is 0.245 e. The SMILES string of the molecule is CC(C)CCOc1ccccc1-c1ccccc1OCc1cn(C[C@@H](CCCN=C(N)N)NC(=O)[C@@H](CCCCN)n2cc(CCc3ccccc3)nn2)nn1. The number of guanidine groups is 1. The van der Waals surface area contributed by atoms with Crippen LogP contribution in [0.25, 0.3) is 11.1 Å². The van der Waals surface area contributed by atoms with Crippen LogP contribution in [0.3, 0.4) is 0 Å². The van der Waals surface area contributed by atoms with Crippen LogP contribution in [0.4, 0.5) is 0 Å². The van der Waals surface area contributed by atoms with E-state index >= 15 is 0 Å². The number of para-hydroxylation sites is 2. The molecule has 0 aliphatic carbocycles. The van der Waals surface area contributed by atoms with E-state index in [-0.39, 0.29) is 24.5 Å². The van der Waals surface area contributed by atoms with Gasteiger partial charge in [0.15, 0.2) is 5.96 Å². The lowest BCUT2D eigenvalue weighted by Gasteiger charge is -2.23. The normalized spacial score (nSPS) is 12.3. The zero-order chi connectivity index (χ0) is 39.5. The minimum Gasteiger partial charge on any atom is -0.493 e. The Balaban J connectivity index is 1.25. The summed E-state index contributed by atoms with van der Waals surface area (Å²) in [4.78, 5) is 18.2. The van der Waals surface area contributed by atoms with E-state index in [1.165, 1.54) is 5.56 Å². The highest BCUT2D eigenvalue weighted by atomic mass is 16.5. The number of ether oxygens (including phenoxy) is 2. The minimum atomic E-state index is -0.551. The zero-order valence-corrected chi connectivity index (χ0v) is 32.7. The number of nitrogens with two attached hydrogens (primary N) is 3. The lowest BCUT2D eigenvalue weighted by atomic mass is 10.0. The second kappa shape index (κ2) is 22.0. The first-order chi connectivity index (χ1) is 27.3. The number of unbranched alkanes of at least 4 members (excludes halogenated alkanes) is 1. The highest BCUT2D eigenvalue weighted by Crippen LogP contribution is 2.36. The topological polar surface area (TPSA) is 199 Å². The average molecular weight is 764 g/mol. The Morgan fingerprint density at radius 3 is 2.20 bits per heavy atom. The number of hydrogen-bond donors (Lipinski definition) is 4. The summed E-state index contributed by atoms with van der Waals surface area (Å²) >= 11 is 0. The number of carbonyl (C=O) groups is 1. The van der Waals surface area contributed by atoms with Crippen molar-refractivity contribution in [2.45, 2.75) is 90.4 Å². The van der Waals surface area contributed by atoms with Crippen molar-refractivity contribution in [3.63, 3.8) is 0 Å². The molecule has 298 valence electrons. The van der Waals surface area contributed by atoms with Gasteiger partial charge in [0.05, 0.1) is 25.0 Å². The fraction of sp³-hybridized carbons (Fsp3) is 0.429. The van der Waals surface area contributed by atoms with Crippen molar-refractivity contribution in [1.82, 2.24) is 35.3 Å². The van der Waals surface area contributed by atoms with Crippen molar-refractivity contribution in [2.24, 2.45) is 28.1 Å². The summed E-state index contributed by atoms with van der Waals surface area (Å²) in [5.41, 5.74) is 21.6. The molecule has 0 saturated carbocycles. The number of aromatic nitrogens is 6. The fourth-order valence-corrected chi connectivity index (χ4v) is 6.32. The van der Waals surface area contributed by atoms with E-state index in [1.807, 2.05) is 79.1 Å². The van der Waals surface area contributed by atoms with E-state index in [0.29, 0.717) is 62.9 Å². The number of aliphatic imine (C=N–C) groups is 1. The Hall–Kier alpha value is -5.76. The maximum absolute atomic E-state index is 14.0. The molecule has 5 aromatic rings. The number of nitrogens with one attached hydrogen (secondary N) is 1. The minimum absolute atomic E-state index is 0.0319. The lowest BCUT2D eigenvalue weighted by molar-refractivity contribution is -0.125. The van der Waals surface area contributed by atoms with E-state index in [9.17, 15) is 4.79 Å². The summed E-state index contributed by atoms with van der Waals surface area (Å²) in [6.07, 6.45) is 9.65. The third kappa shape index (κ3) is 13.2. The number of carbonyl (C=O) groups excluding carboxylic acids is 1. The highest BCUT2D eigenvalue weighted by molar-refractivity contribution is 5.80. The molecule has 2 heterocycles. The molecule has 0 aliphatic rings. The van der Waals surface area contributed by atoms with Crippen molar-refractivity contribution in [3.8, 4) is 22.6 Å². The Labute approximate surface area is 329 Å². The first-order valence-corrected chi connectivity index (χ1v) is 19.6. The van der Waals surface area contributed by atoms with Gasteiger partial charge in [-0.1, -0.05) is 91.0 Å². The van der Waals surface area contributed by atoms with Crippen molar-refractivity contribution in [1.29, 1.82) is 0 Å². The lowest BCUT2D eigenvalue weighted by Crippen LogP contribution is -2.42.